The molecule has 1 aromatic carbocycles. The lowest BCUT2D eigenvalue weighted by Crippen LogP contribution is -2.21. The maximum Gasteiger partial charge on any atom is 0.289 e. The van der Waals surface area contributed by atoms with Crippen LogP contribution in [0.15, 0.2) is 45.9 Å². The summed E-state index contributed by atoms with van der Waals surface area (Å²) in [6.45, 7) is 2.26. The maximum atomic E-state index is 12.6. The molecule has 0 radical (unpaired) electrons. The zero-order valence-corrected chi connectivity index (χ0v) is 17.7. The zero-order valence-electron chi connectivity index (χ0n) is 15.4. The van der Waals surface area contributed by atoms with Gasteiger partial charge in [0.25, 0.3) is 11.8 Å². The lowest BCUT2D eigenvalue weighted by Gasteiger charge is -2.06. The number of benzene rings is 1. The second kappa shape index (κ2) is 8.34. The van der Waals surface area contributed by atoms with Crippen molar-refractivity contribution in [2.24, 2.45) is 4.99 Å². The lowest BCUT2D eigenvalue weighted by atomic mass is 10.2. The molecule has 28 heavy (non-hydrogen) atoms. The smallest absolute Gasteiger partial charge is 0.289 e. The number of rotatable bonds is 4. The van der Waals surface area contributed by atoms with E-state index in [4.69, 9.17) is 27.6 Å². The number of hydrogen-bond acceptors (Lipinski definition) is 4. The number of hydrogen-bond donors (Lipinski definition) is 0. The van der Waals surface area contributed by atoms with Gasteiger partial charge < -0.3 is 13.9 Å². The van der Waals surface area contributed by atoms with Crippen molar-refractivity contribution in [3.63, 3.8) is 0 Å². The van der Waals surface area contributed by atoms with E-state index in [1.54, 1.807) is 42.9 Å². The number of carbonyl (C=O) groups is 2. The molecule has 0 atom stereocenters. The quantitative estimate of drug-likeness (QED) is 0.612. The fourth-order valence-electron chi connectivity index (χ4n) is 2.48. The summed E-state index contributed by atoms with van der Waals surface area (Å²) in [6, 6.07) is 8.01. The topological polar surface area (TPSA) is 67.8 Å². The molecule has 2 heterocycles. The van der Waals surface area contributed by atoms with Crippen molar-refractivity contribution in [2.45, 2.75) is 13.5 Å². The molecule has 0 saturated carbocycles. The summed E-state index contributed by atoms with van der Waals surface area (Å²) in [5, 5.41) is 0.698. The minimum absolute atomic E-state index is 0.213. The molecule has 0 saturated heterocycles. The number of aryl methyl sites for hydroxylation is 1. The lowest BCUT2D eigenvalue weighted by molar-refractivity contribution is 0.0794. The Morgan fingerprint density at radius 3 is 2.64 bits per heavy atom. The van der Waals surface area contributed by atoms with Gasteiger partial charge in [-0.05, 0) is 37.3 Å². The Bertz CT molecular complexity index is 1110. The number of amides is 2. The van der Waals surface area contributed by atoms with E-state index < -0.39 is 5.91 Å². The van der Waals surface area contributed by atoms with Crippen LogP contribution >= 0.6 is 34.5 Å². The minimum Gasteiger partial charge on any atom is -0.454 e. The summed E-state index contributed by atoms with van der Waals surface area (Å²) in [7, 11) is 3.32. The molecule has 3 rings (SSSR count). The van der Waals surface area contributed by atoms with Gasteiger partial charge in [-0.25, -0.2) is 0 Å². The van der Waals surface area contributed by atoms with Crippen LogP contribution in [0.3, 0.4) is 0 Å². The van der Waals surface area contributed by atoms with Gasteiger partial charge in [0.05, 0.1) is 17.1 Å². The Kier molecular flexibility index (Phi) is 6.07. The first-order valence-corrected chi connectivity index (χ1v) is 9.83. The van der Waals surface area contributed by atoms with Gasteiger partial charge in [0, 0.05) is 30.2 Å². The summed E-state index contributed by atoms with van der Waals surface area (Å²) in [5.74, 6) is 0.173. The average molecular weight is 438 g/mol. The van der Waals surface area contributed by atoms with Gasteiger partial charge >= 0.3 is 0 Å². The van der Waals surface area contributed by atoms with Crippen LogP contribution in [0.25, 0.3) is 0 Å². The maximum absolute atomic E-state index is 12.6. The number of carbonyl (C=O) groups excluding carboxylic acids is 2. The second-order valence-corrected chi connectivity index (χ2v) is 8.32. The van der Waals surface area contributed by atoms with Gasteiger partial charge in [-0.1, -0.05) is 23.2 Å². The molecular formula is C19H17Cl2N3O3S. The zero-order chi connectivity index (χ0) is 20.4. The van der Waals surface area contributed by atoms with Gasteiger partial charge in [-0.15, -0.1) is 11.3 Å². The molecule has 0 spiro atoms. The number of thiazole rings is 1. The highest BCUT2D eigenvalue weighted by atomic mass is 35.5. The van der Waals surface area contributed by atoms with Gasteiger partial charge in [-0.2, -0.15) is 4.99 Å². The Morgan fingerprint density at radius 2 is 1.96 bits per heavy atom. The number of halogens is 2. The standard InChI is InChI=1S/C19H17Cl2N3O3S/c1-11-9-24(10-13-5-7-16(27-13)18(26)23(2)3)19(28-11)22-17(25)14-6-4-12(20)8-15(14)21/h4-9H,10H2,1-3H3. The van der Waals surface area contributed by atoms with Gasteiger partial charge in [0.1, 0.15) is 5.76 Å². The molecule has 0 unspecified atom stereocenters. The third kappa shape index (κ3) is 4.55. The Hall–Kier alpha value is -2.35. The van der Waals surface area contributed by atoms with Crippen molar-refractivity contribution in [1.29, 1.82) is 0 Å². The number of furan rings is 1. The normalized spacial score (nSPS) is 11.7. The molecule has 0 bridgehead atoms. The van der Waals surface area contributed by atoms with E-state index in [1.807, 2.05) is 13.1 Å². The monoisotopic (exact) mass is 437 g/mol. The Morgan fingerprint density at radius 1 is 1.21 bits per heavy atom. The van der Waals surface area contributed by atoms with Crippen LogP contribution in [0.5, 0.6) is 0 Å². The van der Waals surface area contributed by atoms with E-state index in [9.17, 15) is 9.59 Å². The van der Waals surface area contributed by atoms with Gasteiger partial charge in [0.2, 0.25) is 0 Å². The molecule has 2 aromatic heterocycles. The highest BCUT2D eigenvalue weighted by molar-refractivity contribution is 7.09. The minimum atomic E-state index is -0.458. The van der Waals surface area contributed by atoms with Crippen LogP contribution in [-0.4, -0.2) is 35.4 Å². The van der Waals surface area contributed by atoms with Crippen LogP contribution in [0.2, 0.25) is 10.0 Å². The molecule has 146 valence electrons. The molecule has 3 aromatic rings. The molecule has 0 aliphatic carbocycles. The highest BCUT2D eigenvalue weighted by Crippen LogP contribution is 2.21. The van der Waals surface area contributed by atoms with Crippen LogP contribution in [0.4, 0.5) is 0 Å². The Balaban J connectivity index is 1.90. The predicted octanol–water partition coefficient (Wildman–Crippen LogP) is 4.25. The first-order valence-electron chi connectivity index (χ1n) is 8.26. The van der Waals surface area contributed by atoms with E-state index in [-0.39, 0.29) is 22.3 Å². The molecule has 6 nitrogen and oxygen atoms in total. The third-order valence-electron chi connectivity index (χ3n) is 3.80. The van der Waals surface area contributed by atoms with E-state index >= 15 is 0 Å². The van der Waals surface area contributed by atoms with Crippen LogP contribution in [0.1, 0.15) is 31.6 Å². The molecule has 2 amide bonds. The van der Waals surface area contributed by atoms with E-state index in [0.717, 1.165) is 4.88 Å². The SMILES string of the molecule is Cc1cn(Cc2ccc(C(=O)N(C)C)o2)c(=NC(=O)c2ccc(Cl)cc2Cl)s1. The fourth-order valence-corrected chi connectivity index (χ4v) is 3.80. The number of aromatic nitrogens is 1. The van der Waals surface area contributed by atoms with Crippen molar-refractivity contribution >= 4 is 46.4 Å². The van der Waals surface area contributed by atoms with Crippen molar-refractivity contribution in [3.8, 4) is 0 Å². The van der Waals surface area contributed by atoms with E-state index in [0.29, 0.717) is 22.1 Å². The highest BCUT2D eigenvalue weighted by Gasteiger charge is 2.15. The van der Waals surface area contributed by atoms with E-state index in [1.165, 1.54) is 22.3 Å². The summed E-state index contributed by atoms with van der Waals surface area (Å²) < 4.78 is 7.42. The van der Waals surface area contributed by atoms with Gasteiger partial charge in [0.15, 0.2) is 10.6 Å². The Labute approximate surface area is 175 Å². The van der Waals surface area contributed by atoms with Crippen LogP contribution in [0, 0.1) is 6.92 Å². The van der Waals surface area contributed by atoms with Crippen molar-refractivity contribution in [2.75, 3.05) is 14.1 Å². The summed E-state index contributed by atoms with van der Waals surface area (Å²) in [5.41, 5.74) is 0.278. The van der Waals surface area contributed by atoms with Crippen LogP contribution in [-0.2, 0) is 6.54 Å². The first kappa shape index (κ1) is 20.4. The average Bonchev–Trinajstić information content (AvgIpc) is 3.21. The molecule has 0 aliphatic heterocycles. The van der Waals surface area contributed by atoms with Crippen molar-refractivity contribution < 1.29 is 14.0 Å². The largest absolute Gasteiger partial charge is 0.454 e. The molecule has 0 aliphatic rings. The first-order chi connectivity index (χ1) is 13.2. The predicted molar refractivity (Wildman–Crippen MR) is 109 cm³/mol. The molecule has 0 N–H and O–H groups in total. The summed E-state index contributed by atoms with van der Waals surface area (Å²) >= 11 is 13.4. The third-order valence-corrected chi connectivity index (χ3v) is 5.28. The van der Waals surface area contributed by atoms with Gasteiger partial charge in [-0.3, -0.25) is 9.59 Å². The summed E-state index contributed by atoms with van der Waals surface area (Å²) in [6.07, 6.45) is 1.87. The molecular weight excluding hydrogens is 421 g/mol. The molecule has 0 fully saturated rings. The van der Waals surface area contributed by atoms with Crippen LogP contribution < -0.4 is 4.80 Å². The van der Waals surface area contributed by atoms with Crippen molar-refractivity contribution in [1.82, 2.24) is 9.47 Å². The fraction of sp³-hybridized carbons (Fsp3) is 0.211. The second-order valence-electron chi connectivity index (χ2n) is 6.26. The van der Waals surface area contributed by atoms with Crippen molar-refractivity contribution in [3.05, 3.63) is 73.3 Å². The number of nitrogens with zero attached hydrogens (tertiary/aromatic N) is 3. The summed E-state index contributed by atoms with van der Waals surface area (Å²) in [4.78, 5) is 31.7. The molecule has 9 heteroatoms. The van der Waals surface area contributed by atoms with E-state index in [2.05, 4.69) is 4.99 Å².